The quantitative estimate of drug-likeness (QED) is 0.726. The fourth-order valence-electron chi connectivity index (χ4n) is 1.55. The van der Waals surface area contributed by atoms with Crippen LogP contribution in [0.3, 0.4) is 0 Å². The van der Waals surface area contributed by atoms with Gasteiger partial charge in [-0.15, -0.1) is 6.58 Å². The molecule has 0 saturated heterocycles. The van der Waals surface area contributed by atoms with Crippen LogP contribution in [0.1, 0.15) is 37.6 Å². The number of nitrogens with one attached hydrogen (secondary N) is 1. The zero-order valence-corrected chi connectivity index (χ0v) is 9.26. The molecule has 0 aliphatic heterocycles. The molecule has 1 heterocycles. The van der Waals surface area contributed by atoms with E-state index in [2.05, 4.69) is 31.8 Å². The second-order valence-electron chi connectivity index (χ2n) is 3.76. The van der Waals surface area contributed by atoms with Crippen molar-refractivity contribution in [3.63, 3.8) is 0 Å². The molecular formula is C12H19NO. The summed E-state index contributed by atoms with van der Waals surface area (Å²) < 4.78 is 5.30. The summed E-state index contributed by atoms with van der Waals surface area (Å²) in [6.07, 6.45) is 2.79. The SMILES string of the molecule is C=C(C)CC(NCC)c1coc(C)c1. The molecule has 78 valence electrons. The maximum Gasteiger partial charge on any atom is 0.101 e. The first-order valence-corrected chi connectivity index (χ1v) is 5.06. The van der Waals surface area contributed by atoms with E-state index >= 15 is 0 Å². The Bertz CT molecular complexity index is 301. The Morgan fingerprint density at radius 2 is 2.36 bits per heavy atom. The average molecular weight is 193 g/mol. The lowest BCUT2D eigenvalue weighted by atomic mass is 10.0. The highest BCUT2D eigenvalue weighted by atomic mass is 16.3. The second kappa shape index (κ2) is 5.01. The van der Waals surface area contributed by atoms with E-state index in [0.717, 1.165) is 18.7 Å². The molecule has 1 unspecified atom stereocenters. The maximum absolute atomic E-state index is 5.30. The summed E-state index contributed by atoms with van der Waals surface area (Å²) in [5.74, 6) is 0.963. The third-order valence-electron chi connectivity index (χ3n) is 2.16. The first-order chi connectivity index (χ1) is 6.63. The molecule has 1 aromatic heterocycles. The van der Waals surface area contributed by atoms with Gasteiger partial charge in [0.25, 0.3) is 0 Å². The molecule has 1 N–H and O–H groups in total. The molecule has 0 radical (unpaired) electrons. The van der Waals surface area contributed by atoms with Crippen molar-refractivity contribution in [3.8, 4) is 0 Å². The first kappa shape index (κ1) is 11.1. The summed E-state index contributed by atoms with van der Waals surface area (Å²) in [5.41, 5.74) is 2.40. The van der Waals surface area contributed by atoms with Gasteiger partial charge in [0, 0.05) is 11.6 Å². The Hall–Kier alpha value is -1.02. The molecule has 0 aromatic carbocycles. The molecule has 1 atom stereocenters. The number of aryl methyl sites for hydroxylation is 1. The van der Waals surface area contributed by atoms with Gasteiger partial charge in [-0.25, -0.2) is 0 Å². The molecule has 0 spiro atoms. The van der Waals surface area contributed by atoms with Crippen molar-refractivity contribution in [1.29, 1.82) is 0 Å². The maximum atomic E-state index is 5.30. The van der Waals surface area contributed by atoms with Crippen LogP contribution >= 0.6 is 0 Å². The van der Waals surface area contributed by atoms with Crippen LogP contribution in [0.25, 0.3) is 0 Å². The van der Waals surface area contributed by atoms with E-state index in [1.165, 1.54) is 11.1 Å². The van der Waals surface area contributed by atoms with Gasteiger partial charge in [-0.3, -0.25) is 0 Å². The van der Waals surface area contributed by atoms with Crippen molar-refractivity contribution < 1.29 is 4.42 Å². The van der Waals surface area contributed by atoms with Gasteiger partial charge in [0.05, 0.1) is 6.26 Å². The van der Waals surface area contributed by atoms with Gasteiger partial charge < -0.3 is 9.73 Å². The highest BCUT2D eigenvalue weighted by Gasteiger charge is 2.12. The summed E-state index contributed by atoms with van der Waals surface area (Å²) in [6, 6.07) is 2.42. The normalized spacial score (nSPS) is 12.8. The predicted molar refractivity (Wildman–Crippen MR) is 59.3 cm³/mol. The van der Waals surface area contributed by atoms with Crippen molar-refractivity contribution in [2.75, 3.05) is 6.54 Å². The molecule has 0 fully saturated rings. The van der Waals surface area contributed by atoms with Crippen molar-refractivity contribution in [3.05, 3.63) is 35.8 Å². The lowest BCUT2D eigenvalue weighted by Crippen LogP contribution is -2.20. The van der Waals surface area contributed by atoms with Crippen molar-refractivity contribution in [2.24, 2.45) is 0 Å². The lowest BCUT2D eigenvalue weighted by Gasteiger charge is -2.15. The van der Waals surface area contributed by atoms with Gasteiger partial charge in [0.15, 0.2) is 0 Å². The van der Waals surface area contributed by atoms with E-state index in [-0.39, 0.29) is 0 Å². The lowest BCUT2D eigenvalue weighted by molar-refractivity contribution is 0.511. The molecule has 1 aromatic rings. The van der Waals surface area contributed by atoms with Crippen LogP contribution in [0, 0.1) is 6.92 Å². The van der Waals surface area contributed by atoms with Gasteiger partial charge in [0.2, 0.25) is 0 Å². The zero-order chi connectivity index (χ0) is 10.6. The molecule has 0 bridgehead atoms. The number of hydrogen-bond acceptors (Lipinski definition) is 2. The van der Waals surface area contributed by atoms with Crippen molar-refractivity contribution in [1.82, 2.24) is 5.32 Å². The summed E-state index contributed by atoms with van der Waals surface area (Å²) in [7, 11) is 0. The molecule has 2 nitrogen and oxygen atoms in total. The smallest absolute Gasteiger partial charge is 0.101 e. The minimum absolute atomic E-state index is 0.343. The molecule has 0 amide bonds. The Kier molecular flexibility index (Phi) is 3.96. The summed E-state index contributed by atoms with van der Waals surface area (Å²) >= 11 is 0. The highest BCUT2D eigenvalue weighted by molar-refractivity contribution is 5.18. The number of furan rings is 1. The number of rotatable bonds is 5. The minimum Gasteiger partial charge on any atom is -0.469 e. The van der Waals surface area contributed by atoms with Gasteiger partial charge in [0.1, 0.15) is 5.76 Å². The van der Waals surface area contributed by atoms with E-state index < -0.39 is 0 Å². The third kappa shape index (κ3) is 3.04. The largest absolute Gasteiger partial charge is 0.469 e. The average Bonchev–Trinajstić information content (AvgIpc) is 2.50. The Labute approximate surface area is 86.0 Å². The third-order valence-corrected chi connectivity index (χ3v) is 2.16. The van der Waals surface area contributed by atoms with Crippen LogP contribution in [-0.4, -0.2) is 6.54 Å². The van der Waals surface area contributed by atoms with Crippen LogP contribution in [0.5, 0.6) is 0 Å². The first-order valence-electron chi connectivity index (χ1n) is 5.06. The topological polar surface area (TPSA) is 25.2 Å². The van der Waals surface area contributed by atoms with Gasteiger partial charge in [-0.2, -0.15) is 0 Å². The van der Waals surface area contributed by atoms with Crippen LogP contribution in [0.4, 0.5) is 0 Å². The van der Waals surface area contributed by atoms with E-state index in [9.17, 15) is 0 Å². The molecule has 0 aliphatic rings. The standard InChI is InChI=1S/C12H19NO/c1-5-13-12(6-9(2)3)11-7-10(4)14-8-11/h7-8,12-13H,2,5-6H2,1,3-4H3. The van der Waals surface area contributed by atoms with Crippen LogP contribution in [-0.2, 0) is 0 Å². The molecule has 1 rings (SSSR count). The van der Waals surface area contributed by atoms with Gasteiger partial charge >= 0.3 is 0 Å². The summed E-state index contributed by atoms with van der Waals surface area (Å²) in [4.78, 5) is 0. The number of hydrogen-bond donors (Lipinski definition) is 1. The van der Waals surface area contributed by atoms with Gasteiger partial charge in [-0.05, 0) is 32.9 Å². The Morgan fingerprint density at radius 1 is 1.64 bits per heavy atom. The highest BCUT2D eigenvalue weighted by Crippen LogP contribution is 2.22. The predicted octanol–water partition coefficient (Wildman–Crippen LogP) is 3.20. The summed E-state index contributed by atoms with van der Waals surface area (Å²) in [5, 5.41) is 3.42. The van der Waals surface area contributed by atoms with Crippen molar-refractivity contribution >= 4 is 0 Å². The van der Waals surface area contributed by atoms with Crippen molar-refractivity contribution in [2.45, 2.75) is 33.2 Å². The fraction of sp³-hybridized carbons (Fsp3) is 0.500. The molecule has 14 heavy (non-hydrogen) atoms. The second-order valence-corrected chi connectivity index (χ2v) is 3.76. The van der Waals surface area contributed by atoms with Crippen LogP contribution < -0.4 is 5.32 Å². The van der Waals surface area contributed by atoms with E-state index in [1.807, 2.05) is 13.2 Å². The fourth-order valence-corrected chi connectivity index (χ4v) is 1.55. The van der Waals surface area contributed by atoms with E-state index in [1.54, 1.807) is 0 Å². The minimum atomic E-state index is 0.343. The molecule has 0 saturated carbocycles. The zero-order valence-electron chi connectivity index (χ0n) is 9.26. The molecule has 2 heteroatoms. The Balaban J connectivity index is 2.71. The molecular weight excluding hydrogens is 174 g/mol. The summed E-state index contributed by atoms with van der Waals surface area (Å²) in [6.45, 7) is 11.0. The molecule has 0 aliphatic carbocycles. The monoisotopic (exact) mass is 193 g/mol. The van der Waals surface area contributed by atoms with E-state index in [4.69, 9.17) is 4.42 Å². The van der Waals surface area contributed by atoms with E-state index in [0.29, 0.717) is 6.04 Å². The van der Waals surface area contributed by atoms with Gasteiger partial charge in [-0.1, -0.05) is 12.5 Å². The van der Waals surface area contributed by atoms with Crippen LogP contribution in [0.15, 0.2) is 28.9 Å². The van der Waals surface area contributed by atoms with Crippen LogP contribution in [0.2, 0.25) is 0 Å². The Morgan fingerprint density at radius 3 is 2.79 bits per heavy atom.